The van der Waals surface area contributed by atoms with E-state index in [1.807, 2.05) is 37.4 Å². The van der Waals surface area contributed by atoms with Gasteiger partial charge in [0, 0.05) is 86.4 Å². The summed E-state index contributed by atoms with van der Waals surface area (Å²) in [5.41, 5.74) is 6.64. The number of nitrogens with one attached hydrogen (secondary N) is 1. The molecule has 0 spiro atoms. The second kappa shape index (κ2) is 16.9. The van der Waals surface area contributed by atoms with E-state index in [-0.39, 0.29) is 26.8 Å². The Morgan fingerprint density at radius 2 is 1.19 bits per heavy atom. The third kappa shape index (κ3) is 7.95. The molecule has 2 saturated heterocycles. The van der Waals surface area contributed by atoms with E-state index in [4.69, 9.17) is 26.1 Å². The van der Waals surface area contributed by atoms with Crippen LogP contribution in [0.15, 0.2) is 85.6 Å². The molecule has 0 unspecified atom stereocenters. The molecule has 2 aliphatic heterocycles. The van der Waals surface area contributed by atoms with Crippen molar-refractivity contribution in [3.05, 3.63) is 125 Å². The third-order valence-electron chi connectivity index (χ3n) is 10.1. The fourth-order valence-electron chi connectivity index (χ4n) is 7.19. The summed E-state index contributed by atoms with van der Waals surface area (Å²) in [7, 11) is 0. The summed E-state index contributed by atoms with van der Waals surface area (Å²) in [6.45, 7) is 9.02. The Hall–Kier alpha value is -5.96. The third-order valence-corrected chi connectivity index (χ3v) is 10.6. The van der Waals surface area contributed by atoms with Crippen molar-refractivity contribution in [1.29, 1.82) is 0 Å². The predicted octanol–water partition coefficient (Wildman–Crippen LogP) is 9.23. The van der Waals surface area contributed by atoms with Crippen LogP contribution in [0.4, 0.5) is 40.4 Å². The molecule has 296 valence electrons. The molecule has 0 amide bonds. The van der Waals surface area contributed by atoms with E-state index in [1.54, 1.807) is 37.8 Å². The van der Waals surface area contributed by atoms with Gasteiger partial charge in [-0.25, -0.2) is 32.5 Å². The molecule has 1 N–H and O–H groups in total. The van der Waals surface area contributed by atoms with Crippen LogP contribution in [0.2, 0.25) is 5.02 Å². The monoisotopic (exact) mass is 808 g/mol. The lowest BCUT2D eigenvalue weighted by atomic mass is 10.0. The number of hydrogen-bond acceptors (Lipinski definition) is 10. The Kier molecular flexibility index (Phi) is 11.3. The number of aromatic nitrogens is 5. The summed E-state index contributed by atoms with van der Waals surface area (Å²) in [4.78, 5) is 26.4. The fraction of sp³-hybridized carbons (Fsp3) is 0.233. The van der Waals surface area contributed by atoms with Crippen LogP contribution in [0.3, 0.4) is 0 Å². The van der Waals surface area contributed by atoms with Gasteiger partial charge in [-0.15, -0.1) is 0 Å². The molecular formula is C43H37ClF4N8O2. The number of morpholine rings is 2. The molecule has 9 rings (SSSR count). The molecule has 0 aliphatic carbocycles. The largest absolute Gasteiger partial charge is 0.378 e. The summed E-state index contributed by atoms with van der Waals surface area (Å²) >= 11 is 6.22. The number of ether oxygens (including phenoxy) is 2. The van der Waals surface area contributed by atoms with Crippen LogP contribution in [-0.2, 0) is 9.47 Å². The zero-order chi connectivity index (χ0) is 40.3. The van der Waals surface area contributed by atoms with Crippen LogP contribution in [0, 0.1) is 37.1 Å². The normalized spacial score (nSPS) is 14.4. The standard InChI is InChI=1S/C28H28F2N6O2.C15H9ClF2N2/c1-18-26(19-3-2-4-31-16-19)33-23-14-20(29)13-22(30)25(23)27(18)34-24-15-21(35-5-9-37-10-6-35)17-32-28(24)36-7-11-38-12-8-36;1-8-14(16)13-11(18)5-10(17)6-12(13)20-15(8)9-3-2-4-19-7-9/h2-4,13-17H,5-12H2,1H3,(H,33,34);2-7H,1H3. The van der Waals surface area contributed by atoms with Crippen LogP contribution in [0.5, 0.6) is 0 Å². The molecule has 0 radical (unpaired) electrons. The first-order chi connectivity index (χ1) is 28.2. The van der Waals surface area contributed by atoms with Gasteiger partial charge in [-0.3, -0.25) is 9.97 Å². The molecule has 10 nitrogen and oxygen atoms in total. The number of hydrogen-bond donors (Lipinski definition) is 1. The zero-order valence-corrected chi connectivity index (χ0v) is 32.3. The number of rotatable bonds is 6. The molecule has 7 aromatic rings. The number of anilines is 4. The van der Waals surface area contributed by atoms with Gasteiger partial charge in [0.05, 0.1) is 87.9 Å². The number of fused-ring (bicyclic) bond motifs is 2. The molecule has 0 atom stereocenters. The highest BCUT2D eigenvalue weighted by Gasteiger charge is 2.24. The van der Waals surface area contributed by atoms with E-state index in [0.29, 0.717) is 62.2 Å². The summed E-state index contributed by atoms with van der Waals surface area (Å²) in [5, 5.41) is 4.11. The van der Waals surface area contributed by atoms with E-state index in [0.717, 1.165) is 59.1 Å². The van der Waals surface area contributed by atoms with Gasteiger partial charge >= 0.3 is 0 Å². The molecule has 2 aliphatic rings. The number of nitrogens with zero attached hydrogens (tertiary/aromatic N) is 7. The van der Waals surface area contributed by atoms with Crippen molar-refractivity contribution >= 4 is 56.3 Å². The molecule has 7 heterocycles. The smallest absolute Gasteiger partial charge is 0.152 e. The number of halogens is 5. The highest BCUT2D eigenvalue weighted by atomic mass is 35.5. The van der Waals surface area contributed by atoms with Crippen LogP contribution in [-0.4, -0.2) is 77.5 Å². The maximum absolute atomic E-state index is 15.4. The average molecular weight is 809 g/mol. The summed E-state index contributed by atoms with van der Waals surface area (Å²) in [6, 6.07) is 13.4. The lowest BCUT2D eigenvalue weighted by molar-refractivity contribution is 0.122. The fourth-order valence-corrected chi connectivity index (χ4v) is 7.46. The van der Waals surface area contributed by atoms with E-state index in [9.17, 15) is 13.2 Å². The van der Waals surface area contributed by atoms with Crippen LogP contribution >= 0.6 is 11.6 Å². The second-order valence-corrected chi connectivity index (χ2v) is 14.2. The Balaban J connectivity index is 0.000000197. The Bertz CT molecular complexity index is 2610. The SMILES string of the molecule is Cc1c(-c2cccnc2)nc2cc(F)cc(F)c2c1Cl.Cc1c(-c2cccnc2)nc2cc(F)cc(F)c2c1Nc1cc(N2CCOCC2)cnc1N1CCOCC1. The van der Waals surface area contributed by atoms with Crippen molar-refractivity contribution in [2.45, 2.75) is 13.8 Å². The molecule has 58 heavy (non-hydrogen) atoms. The lowest BCUT2D eigenvalue weighted by Crippen LogP contribution is -2.38. The maximum Gasteiger partial charge on any atom is 0.152 e. The van der Waals surface area contributed by atoms with Crippen LogP contribution in [0.1, 0.15) is 11.1 Å². The summed E-state index contributed by atoms with van der Waals surface area (Å²) in [5.74, 6) is -2.00. The first-order valence-corrected chi connectivity index (χ1v) is 19.0. The summed E-state index contributed by atoms with van der Waals surface area (Å²) in [6.07, 6.45) is 8.51. The van der Waals surface area contributed by atoms with Crippen LogP contribution < -0.4 is 15.1 Å². The minimum Gasteiger partial charge on any atom is -0.378 e. The first-order valence-electron chi connectivity index (χ1n) is 18.6. The highest BCUT2D eigenvalue weighted by Crippen LogP contribution is 2.40. The van der Waals surface area contributed by atoms with E-state index in [2.05, 4.69) is 35.1 Å². The zero-order valence-electron chi connectivity index (χ0n) is 31.6. The second-order valence-electron chi connectivity index (χ2n) is 13.8. The molecule has 0 bridgehead atoms. The van der Waals surface area contributed by atoms with Crippen molar-refractivity contribution in [2.75, 3.05) is 67.7 Å². The van der Waals surface area contributed by atoms with Crippen molar-refractivity contribution in [1.82, 2.24) is 24.9 Å². The number of benzene rings is 2. The lowest BCUT2D eigenvalue weighted by Gasteiger charge is -2.32. The van der Waals surface area contributed by atoms with Crippen LogP contribution in [0.25, 0.3) is 44.3 Å². The van der Waals surface area contributed by atoms with Gasteiger partial charge in [-0.05, 0) is 55.3 Å². The van der Waals surface area contributed by atoms with E-state index < -0.39 is 23.3 Å². The van der Waals surface area contributed by atoms with Gasteiger partial charge in [0.1, 0.15) is 23.3 Å². The molecular weight excluding hydrogens is 772 g/mol. The van der Waals surface area contributed by atoms with Crippen molar-refractivity contribution in [2.24, 2.45) is 0 Å². The van der Waals surface area contributed by atoms with Gasteiger partial charge < -0.3 is 24.6 Å². The molecule has 0 saturated carbocycles. The number of pyridine rings is 5. The van der Waals surface area contributed by atoms with E-state index in [1.165, 1.54) is 12.1 Å². The quantitative estimate of drug-likeness (QED) is 0.164. The van der Waals surface area contributed by atoms with Gasteiger partial charge in [0.15, 0.2) is 5.82 Å². The molecule has 2 fully saturated rings. The van der Waals surface area contributed by atoms with Gasteiger partial charge in [0.2, 0.25) is 0 Å². The van der Waals surface area contributed by atoms with Crippen molar-refractivity contribution in [3.63, 3.8) is 0 Å². The van der Waals surface area contributed by atoms with Gasteiger partial charge in [0.25, 0.3) is 0 Å². The average Bonchev–Trinajstić information content (AvgIpc) is 3.24. The maximum atomic E-state index is 15.4. The minimum atomic E-state index is -0.710. The Morgan fingerprint density at radius 1 is 0.655 bits per heavy atom. The minimum absolute atomic E-state index is 0.137. The van der Waals surface area contributed by atoms with E-state index >= 15 is 4.39 Å². The molecule has 15 heteroatoms. The summed E-state index contributed by atoms with van der Waals surface area (Å²) < 4.78 is 67.9. The predicted molar refractivity (Wildman–Crippen MR) is 218 cm³/mol. The van der Waals surface area contributed by atoms with Gasteiger partial charge in [-0.1, -0.05) is 11.6 Å². The Labute approximate surface area is 336 Å². The van der Waals surface area contributed by atoms with Gasteiger partial charge in [-0.2, -0.15) is 0 Å². The Morgan fingerprint density at radius 3 is 1.76 bits per heavy atom. The molecule has 2 aromatic carbocycles. The first kappa shape index (κ1) is 38.9. The molecule has 5 aromatic heterocycles. The topological polar surface area (TPSA) is 101 Å². The van der Waals surface area contributed by atoms with Crippen molar-refractivity contribution in [3.8, 4) is 22.5 Å². The highest BCUT2D eigenvalue weighted by molar-refractivity contribution is 6.36. The van der Waals surface area contributed by atoms with Crippen molar-refractivity contribution < 1.29 is 27.0 Å².